The van der Waals surface area contributed by atoms with Crippen LogP contribution in [0.25, 0.3) is 15.3 Å². The number of hydrogen-bond donors (Lipinski definition) is 1. The van der Waals surface area contributed by atoms with Gasteiger partial charge in [0.05, 0.1) is 15.3 Å². The first-order valence-electron chi connectivity index (χ1n) is 5.10. The molecular weight excluding hydrogens is 248 g/mol. The summed E-state index contributed by atoms with van der Waals surface area (Å²) in [4.78, 5) is 3.73. The number of fused-ring (bicyclic) bond motifs is 3. The van der Waals surface area contributed by atoms with Crippen LogP contribution in [0.4, 0.5) is 0 Å². The molecule has 2 aromatic rings. The molecule has 0 unspecified atom stereocenters. The molecule has 0 saturated carbocycles. The first-order chi connectivity index (χ1) is 8.26. The fourth-order valence-corrected chi connectivity index (χ4v) is 4.24. The van der Waals surface area contributed by atoms with Crippen LogP contribution in [0.3, 0.4) is 0 Å². The van der Waals surface area contributed by atoms with E-state index in [1.807, 2.05) is 11.4 Å². The molecule has 2 aromatic heterocycles. The van der Waals surface area contributed by atoms with Gasteiger partial charge in [-0.2, -0.15) is 5.26 Å². The number of aryl methyl sites for hydroxylation is 1. The zero-order valence-electron chi connectivity index (χ0n) is 9.07. The average molecular weight is 256 g/mol. The average Bonchev–Trinajstić information content (AvgIpc) is 2.95. The highest BCUT2D eigenvalue weighted by Gasteiger charge is 2.28. The van der Waals surface area contributed by atoms with Crippen molar-refractivity contribution >= 4 is 34.5 Å². The predicted molar refractivity (Wildman–Crippen MR) is 72.8 cm³/mol. The Labute approximate surface area is 107 Å². The summed E-state index contributed by atoms with van der Waals surface area (Å²) < 4.78 is 0. The second-order valence-corrected chi connectivity index (χ2v) is 5.98. The summed E-state index contributed by atoms with van der Waals surface area (Å²) in [5, 5.41) is 18.5. The number of nitrogens with one attached hydrogen (secondary N) is 1. The largest absolute Gasteiger partial charge is 0.307 e. The van der Waals surface area contributed by atoms with Crippen molar-refractivity contribution in [1.29, 1.82) is 10.7 Å². The zero-order valence-corrected chi connectivity index (χ0v) is 10.7. The van der Waals surface area contributed by atoms with Gasteiger partial charge in [0.25, 0.3) is 0 Å². The van der Waals surface area contributed by atoms with Gasteiger partial charge in [-0.3, -0.25) is 0 Å². The highest BCUT2D eigenvalue weighted by molar-refractivity contribution is 7.22. The molecule has 0 aromatic carbocycles. The maximum absolute atomic E-state index is 9.13. The second kappa shape index (κ2) is 3.66. The molecule has 0 atom stereocenters. The van der Waals surface area contributed by atoms with Gasteiger partial charge in [0.1, 0.15) is 6.07 Å². The Morgan fingerprint density at radius 1 is 1.41 bits per heavy atom. The predicted octanol–water partition coefficient (Wildman–Crippen LogP) is 4.07. The van der Waals surface area contributed by atoms with Crippen molar-refractivity contribution in [2.45, 2.75) is 6.92 Å². The van der Waals surface area contributed by atoms with E-state index in [4.69, 9.17) is 10.7 Å². The summed E-state index contributed by atoms with van der Waals surface area (Å²) in [5.41, 5.74) is 3.60. The number of allylic oxidation sites excluding steroid dienone is 1. The van der Waals surface area contributed by atoms with Crippen molar-refractivity contribution in [2.24, 2.45) is 0 Å². The number of hydrogen-bond acceptors (Lipinski definition) is 4. The molecule has 0 bridgehead atoms. The summed E-state index contributed by atoms with van der Waals surface area (Å²) in [7, 11) is 0. The molecule has 0 aliphatic heterocycles. The maximum atomic E-state index is 9.13. The van der Waals surface area contributed by atoms with E-state index >= 15 is 0 Å². The van der Waals surface area contributed by atoms with E-state index in [1.54, 1.807) is 22.7 Å². The van der Waals surface area contributed by atoms with Crippen LogP contribution in [0.2, 0.25) is 0 Å². The van der Waals surface area contributed by atoms with Gasteiger partial charge in [-0.1, -0.05) is 0 Å². The molecule has 82 valence electrons. The minimum atomic E-state index is 0.446. The number of nitriles is 1. The van der Waals surface area contributed by atoms with E-state index < -0.39 is 0 Å². The SMILES string of the molecule is Cc1cc2c(s1)-c1sccc1/C2=C(\C#N)C=N. The lowest BCUT2D eigenvalue weighted by Gasteiger charge is -1.99. The molecule has 4 heteroatoms. The smallest absolute Gasteiger partial charge is 0.101 e. The second-order valence-electron chi connectivity index (χ2n) is 3.81. The van der Waals surface area contributed by atoms with Crippen molar-refractivity contribution in [3.8, 4) is 15.8 Å². The Hall–Kier alpha value is -1.70. The van der Waals surface area contributed by atoms with Crippen LogP contribution in [0.15, 0.2) is 23.1 Å². The number of thiophene rings is 2. The zero-order chi connectivity index (χ0) is 12.0. The van der Waals surface area contributed by atoms with Gasteiger partial charge in [0.15, 0.2) is 0 Å². The van der Waals surface area contributed by atoms with Gasteiger partial charge < -0.3 is 5.41 Å². The molecule has 1 aliphatic rings. The van der Waals surface area contributed by atoms with Crippen LogP contribution in [0.5, 0.6) is 0 Å². The molecule has 2 nitrogen and oxygen atoms in total. The highest BCUT2D eigenvalue weighted by Crippen LogP contribution is 2.51. The van der Waals surface area contributed by atoms with Gasteiger partial charge >= 0.3 is 0 Å². The molecule has 2 heterocycles. The minimum absolute atomic E-state index is 0.446. The number of nitrogens with zero attached hydrogens (tertiary/aromatic N) is 1. The monoisotopic (exact) mass is 256 g/mol. The van der Waals surface area contributed by atoms with Crippen LogP contribution < -0.4 is 0 Å². The van der Waals surface area contributed by atoms with Crippen LogP contribution >= 0.6 is 22.7 Å². The van der Waals surface area contributed by atoms with Crippen LogP contribution in [0, 0.1) is 23.7 Å². The van der Waals surface area contributed by atoms with Gasteiger partial charge in [0, 0.05) is 27.8 Å². The van der Waals surface area contributed by atoms with Crippen molar-refractivity contribution in [2.75, 3.05) is 0 Å². The van der Waals surface area contributed by atoms with E-state index in [1.165, 1.54) is 14.6 Å². The Balaban J connectivity index is 2.43. The van der Waals surface area contributed by atoms with E-state index in [0.717, 1.165) is 22.9 Å². The Morgan fingerprint density at radius 2 is 2.24 bits per heavy atom. The van der Waals surface area contributed by atoms with Crippen molar-refractivity contribution in [3.63, 3.8) is 0 Å². The minimum Gasteiger partial charge on any atom is -0.307 e. The summed E-state index contributed by atoms with van der Waals surface area (Å²) in [6, 6.07) is 6.27. The Kier molecular flexibility index (Phi) is 2.25. The quantitative estimate of drug-likeness (QED) is 0.517. The van der Waals surface area contributed by atoms with Crippen LogP contribution in [-0.2, 0) is 0 Å². The van der Waals surface area contributed by atoms with Crippen LogP contribution in [0.1, 0.15) is 16.0 Å². The van der Waals surface area contributed by atoms with E-state index in [2.05, 4.69) is 19.1 Å². The van der Waals surface area contributed by atoms with Gasteiger partial charge in [0.2, 0.25) is 0 Å². The maximum Gasteiger partial charge on any atom is 0.101 e. The Morgan fingerprint density at radius 3 is 2.94 bits per heavy atom. The summed E-state index contributed by atoms with van der Waals surface area (Å²) in [6.45, 7) is 2.07. The molecular formula is C13H8N2S2. The molecule has 0 spiro atoms. The fourth-order valence-electron chi connectivity index (χ4n) is 2.15. The molecule has 0 radical (unpaired) electrons. The standard InChI is InChI=1S/C13H8N2S2/c1-7-4-10-11(8(5-14)6-15)9-2-3-16-12(9)13(10)17-7/h2-5,14H,1H3/b11-8+,14-5?. The van der Waals surface area contributed by atoms with Crippen LogP contribution in [-0.4, -0.2) is 6.21 Å². The Bertz CT molecular complexity index is 695. The lowest BCUT2D eigenvalue weighted by atomic mass is 10.0. The first-order valence-corrected chi connectivity index (χ1v) is 6.79. The van der Waals surface area contributed by atoms with Crippen molar-refractivity contribution < 1.29 is 0 Å². The molecule has 0 amide bonds. The van der Waals surface area contributed by atoms with Gasteiger partial charge in [-0.15, -0.1) is 22.7 Å². The fraction of sp³-hybridized carbons (Fsp3) is 0.0769. The third-order valence-corrected chi connectivity index (χ3v) is 4.93. The van der Waals surface area contributed by atoms with E-state index in [-0.39, 0.29) is 0 Å². The summed E-state index contributed by atoms with van der Waals surface area (Å²) in [6.07, 6.45) is 1.15. The highest BCUT2D eigenvalue weighted by atomic mass is 32.1. The molecule has 1 N–H and O–H groups in total. The lowest BCUT2D eigenvalue weighted by Crippen LogP contribution is -1.88. The molecule has 3 rings (SSSR count). The first kappa shape index (κ1) is 10.5. The normalized spacial score (nSPS) is 15.1. The van der Waals surface area contributed by atoms with E-state index in [9.17, 15) is 0 Å². The molecule has 1 aliphatic carbocycles. The summed E-state index contributed by atoms with van der Waals surface area (Å²) in [5.74, 6) is 0. The van der Waals surface area contributed by atoms with Gasteiger partial charge in [-0.25, -0.2) is 0 Å². The van der Waals surface area contributed by atoms with Gasteiger partial charge in [-0.05, 0) is 24.4 Å². The third-order valence-electron chi connectivity index (χ3n) is 2.80. The van der Waals surface area contributed by atoms with E-state index in [0.29, 0.717) is 5.57 Å². The summed E-state index contributed by atoms with van der Waals surface area (Å²) >= 11 is 3.46. The van der Waals surface area contributed by atoms with Crippen molar-refractivity contribution in [1.82, 2.24) is 0 Å². The molecule has 17 heavy (non-hydrogen) atoms. The molecule has 0 saturated heterocycles. The third kappa shape index (κ3) is 1.33. The lowest BCUT2D eigenvalue weighted by molar-refractivity contribution is 1.49. The molecule has 0 fully saturated rings. The topological polar surface area (TPSA) is 47.6 Å². The van der Waals surface area contributed by atoms with Crippen molar-refractivity contribution in [3.05, 3.63) is 39.1 Å². The number of rotatable bonds is 1.